The molecule has 0 aliphatic rings. The maximum atomic E-state index is 11.7. The number of ketones is 1. The highest BCUT2D eigenvalue weighted by Crippen LogP contribution is 2.16. The standard InChI is InChI=1S/C12H21NO4/c1-6-17-12(15)11(13-16-5)10(9(4)14)7-8(2)3/h8,13H,6-7H2,1-5H3. The second-order valence-corrected chi connectivity index (χ2v) is 4.03. The predicted octanol–water partition coefficient (Wildman–Crippen LogP) is 1.59. The molecule has 0 aliphatic heterocycles. The molecule has 0 aromatic rings. The molecule has 0 heterocycles. The van der Waals surface area contributed by atoms with E-state index in [0.29, 0.717) is 12.0 Å². The molecule has 0 amide bonds. The number of nitrogens with one attached hydrogen (secondary N) is 1. The Morgan fingerprint density at radius 2 is 1.88 bits per heavy atom. The van der Waals surface area contributed by atoms with Gasteiger partial charge in [0, 0.05) is 5.57 Å². The summed E-state index contributed by atoms with van der Waals surface area (Å²) in [6.45, 7) is 7.32. The summed E-state index contributed by atoms with van der Waals surface area (Å²) in [4.78, 5) is 28.0. The van der Waals surface area contributed by atoms with Crippen molar-refractivity contribution in [2.75, 3.05) is 13.7 Å². The molecule has 0 saturated carbocycles. The first-order valence-electron chi connectivity index (χ1n) is 5.64. The van der Waals surface area contributed by atoms with Crippen molar-refractivity contribution in [3.63, 3.8) is 0 Å². The Labute approximate surface area is 102 Å². The maximum absolute atomic E-state index is 11.7. The van der Waals surface area contributed by atoms with Crippen LogP contribution in [0.25, 0.3) is 0 Å². The average Bonchev–Trinajstić information content (AvgIpc) is 2.22. The molecule has 0 fully saturated rings. The van der Waals surface area contributed by atoms with E-state index in [1.54, 1.807) is 6.92 Å². The maximum Gasteiger partial charge on any atom is 0.357 e. The smallest absolute Gasteiger partial charge is 0.357 e. The second-order valence-electron chi connectivity index (χ2n) is 4.03. The van der Waals surface area contributed by atoms with E-state index in [4.69, 9.17) is 9.57 Å². The Bertz CT molecular complexity index is 308. The fourth-order valence-corrected chi connectivity index (χ4v) is 1.36. The average molecular weight is 243 g/mol. The van der Waals surface area contributed by atoms with Crippen molar-refractivity contribution in [3.05, 3.63) is 11.3 Å². The van der Waals surface area contributed by atoms with E-state index in [1.807, 2.05) is 13.8 Å². The summed E-state index contributed by atoms with van der Waals surface area (Å²) in [5.74, 6) is -0.469. The molecule has 5 heteroatoms. The van der Waals surface area contributed by atoms with E-state index in [-0.39, 0.29) is 24.0 Å². The molecule has 17 heavy (non-hydrogen) atoms. The van der Waals surface area contributed by atoms with E-state index in [2.05, 4.69) is 5.48 Å². The minimum atomic E-state index is -0.569. The molecule has 0 atom stereocenters. The largest absolute Gasteiger partial charge is 0.461 e. The van der Waals surface area contributed by atoms with Gasteiger partial charge in [0.15, 0.2) is 11.5 Å². The van der Waals surface area contributed by atoms with Crippen LogP contribution in [0.2, 0.25) is 0 Å². The molecule has 0 saturated heterocycles. The van der Waals surface area contributed by atoms with Gasteiger partial charge in [-0.1, -0.05) is 13.8 Å². The van der Waals surface area contributed by atoms with Crippen molar-refractivity contribution in [2.24, 2.45) is 5.92 Å². The topological polar surface area (TPSA) is 64.6 Å². The van der Waals surface area contributed by atoms with Gasteiger partial charge in [0.2, 0.25) is 0 Å². The number of esters is 1. The van der Waals surface area contributed by atoms with Gasteiger partial charge in [0.05, 0.1) is 13.7 Å². The minimum Gasteiger partial charge on any atom is -0.461 e. The molecule has 0 unspecified atom stereocenters. The molecule has 0 aromatic heterocycles. The first kappa shape index (κ1) is 15.6. The van der Waals surface area contributed by atoms with Crippen LogP contribution in [-0.4, -0.2) is 25.5 Å². The summed E-state index contributed by atoms with van der Waals surface area (Å²) in [7, 11) is 1.38. The lowest BCUT2D eigenvalue weighted by Gasteiger charge is -2.14. The molecular weight excluding hydrogens is 222 g/mol. The van der Waals surface area contributed by atoms with Crippen molar-refractivity contribution in [3.8, 4) is 0 Å². The van der Waals surface area contributed by atoms with Crippen LogP contribution in [0.5, 0.6) is 0 Å². The van der Waals surface area contributed by atoms with Gasteiger partial charge in [0.1, 0.15) is 0 Å². The fraction of sp³-hybridized carbons (Fsp3) is 0.667. The predicted molar refractivity (Wildman–Crippen MR) is 63.9 cm³/mol. The minimum absolute atomic E-state index is 0.0931. The molecule has 0 aliphatic carbocycles. The lowest BCUT2D eigenvalue weighted by Crippen LogP contribution is -2.26. The summed E-state index contributed by atoms with van der Waals surface area (Å²) >= 11 is 0. The molecule has 0 aromatic carbocycles. The van der Waals surface area contributed by atoms with Crippen LogP contribution in [0.1, 0.15) is 34.1 Å². The molecule has 0 spiro atoms. The van der Waals surface area contributed by atoms with Crippen LogP contribution in [0.3, 0.4) is 0 Å². The van der Waals surface area contributed by atoms with Crippen LogP contribution in [0.4, 0.5) is 0 Å². The van der Waals surface area contributed by atoms with Crippen LogP contribution in [0, 0.1) is 5.92 Å². The van der Waals surface area contributed by atoms with Gasteiger partial charge in [-0.15, -0.1) is 0 Å². The van der Waals surface area contributed by atoms with Crippen molar-refractivity contribution < 1.29 is 19.2 Å². The molecule has 0 radical (unpaired) electrons. The monoisotopic (exact) mass is 243 g/mol. The van der Waals surface area contributed by atoms with Crippen molar-refractivity contribution in [1.29, 1.82) is 0 Å². The highest BCUT2D eigenvalue weighted by Gasteiger charge is 2.20. The third-order valence-corrected chi connectivity index (χ3v) is 2.02. The fourth-order valence-electron chi connectivity index (χ4n) is 1.36. The number of carbonyl (C=O) groups is 2. The number of allylic oxidation sites excluding steroid dienone is 1. The second kappa shape index (κ2) is 7.84. The van der Waals surface area contributed by atoms with Crippen molar-refractivity contribution in [1.82, 2.24) is 5.48 Å². The number of Topliss-reactive ketones (excluding diaryl/α,β-unsaturated/α-hetero) is 1. The quantitative estimate of drug-likeness (QED) is 0.418. The summed E-state index contributed by atoms with van der Waals surface area (Å²) in [6.07, 6.45) is 0.500. The highest BCUT2D eigenvalue weighted by atomic mass is 16.6. The first-order valence-corrected chi connectivity index (χ1v) is 5.64. The van der Waals surface area contributed by atoms with E-state index >= 15 is 0 Å². The van der Waals surface area contributed by atoms with Gasteiger partial charge >= 0.3 is 5.97 Å². The van der Waals surface area contributed by atoms with E-state index in [0.717, 1.165) is 0 Å². The zero-order valence-electron chi connectivity index (χ0n) is 11.1. The van der Waals surface area contributed by atoms with Gasteiger partial charge in [-0.25, -0.2) is 4.79 Å². The SMILES string of the molecule is CCOC(=O)C(NOC)=C(CC(C)C)C(C)=O. The molecule has 0 rings (SSSR count). The number of rotatable bonds is 7. The highest BCUT2D eigenvalue weighted by molar-refractivity contribution is 6.02. The van der Waals surface area contributed by atoms with Gasteiger partial charge in [-0.05, 0) is 26.2 Å². The van der Waals surface area contributed by atoms with Gasteiger partial charge in [-0.2, -0.15) is 0 Å². The summed E-state index contributed by atoms with van der Waals surface area (Å²) in [5.41, 5.74) is 2.93. The lowest BCUT2D eigenvalue weighted by molar-refractivity contribution is -0.140. The Morgan fingerprint density at radius 3 is 2.24 bits per heavy atom. The number of carbonyl (C=O) groups excluding carboxylic acids is 2. The molecule has 1 N–H and O–H groups in total. The van der Waals surface area contributed by atoms with Crippen LogP contribution < -0.4 is 5.48 Å². The zero-order chi connectivity index (χ0) is 13.4. The third-order valence-electron chi connectivity index (χ3n) is 2.02. The Kier molecular flexibility index (Phi) is 7.21. The van der Waals surface area contributed by atoms with Crippen molar-refractivity contribution in [2.45, 2.75) is 34.1 Å². The Morgan fingerprint density at radius 1 is 1.29 bits per heavy atom. The normalized spacial score (nSPS) is 12.1. The van der Waals surface area contributed by atoms with E-state index < -0.39 is 5.97 Å². The molecule has 0 bridgehead atoms. The Balaban J connectivity index is 5.25. The third kappa shape index (κ3) is 5.49. The number of hydrogen-bond donors (Lipinski definition) is 1. The zero-order valence-corrected chi connectivity index (χ0v) is 11.1. The van der Waals surface area contributed by atoms with Gasteiger partial charge in [0.25, 0.3) is 0 Å². The number of hydroxylamine groups is 1. The number of ether oxygens (including phenoxy) is 1. The summed E-state index contributed by atoms with van der Waals surface area (Å²) in [5, 5.41) is 0. The lowest BCUT2D eigenvalue weighted by atomic mass is 9.98. The summed E-state index contributed by atoms with van der Waals surface area (Å²) < 4.78 is 4.88. The molecule has 5 nitrogen and oxygen atoms in total. The summed E-state index contributed by atoms with van der Waals surface area (Å²) in [6, 6.07) is 0. The molecule has 98 valence electrons. The van der Waals surface area contributed by atoms with Gasteiger partial charge in [-0.3, -0.25) is 15.1 Å². The number of hydrogen-bond acceptors (Lipinski definition) is 5. The first-order chi connectivity index (χ1) is 7.93. The Hall–Kier alpha value is -1.36. The van der Waals surface area contributed by atoms with Crippen LogP contribution >= 0.6 is 0 Å². The van der Waals surface area contributed by atoms with Crippen LogP contribution in [-0.2, 0) is 19.2 Å². The van der Waals surface area contributed by atoms with Gasteiger partial charge < -0.3 is 4.74 Å². The van der Waals surface area contributed by atoms with E-state index in [1.165, 1.54) is 14.0 Å². The molecular formula is C12H21NO4. The van der Waals surface area contributed by atoms with Crippen molar-refractivity contribution >= 4 is 11.8 Å². The van der Waals surface area contributed by atoms with Crippen LogP contribution in [0.15, 0.2) is 11.3 Å². The van der Waals surface area contributed by atoms with E-state index in [9.17, 15) is 9.59 Å².